The highest BCUT2D eigenvalue weighted by molar-refractivity contribution is 5.67. The summed E-state index contributed by atoms with van der Waals surface area (Å²) in [5, 5.41) is 16.2. The quantitative estimate of drug-likeness (QED) is 0.267. The molecule has 1 aromatic carbocycles. The van der Waals surface area contributed by atoms with Crippen LogP contribution in [0.4, 0.5) is 11.4 Å². The van der Waals surface area contributed by atoms with Crippen LogP contribution in [0.15, 0.2) is 18.2 Å². The molecule has 0 saturated carbocycles. The predicted molar refractivity (Wildman–Crippen MR) is 88.5 cm³/mol. The fraction of sp³-hybridized carbons (Fsp3) is 0.625. The molecule has 0 aromatic heterocycles. The lowest BCUT2D eigenvalue weighted by Crippen LogP contribution is -2.51. The van der Waals surface area contributed by atoms with Gasteiger partial charge >= 0.3 is 0 Å². The van der Waals surface area contributed by atoms with Gasteiger partial charge in [-0.15, -0.1) is 0 Å². The summed E-state index contributed by atoms with van der Waals surface area (Å²) in [5.74, 6) is 0.238. The summed E-state index contributed by atoms with van der Waals surface area (Å²) >= 11 is 0. The first-order chi connectivity index (χ1) is 10.1. The third-order valence-corrected chi connectivity index (χ3v) is 4.38. The topological polar surface area (TPSA) is 70.3 Å². The van der Waals surface area contributed by atoms with E-state index in [1.54, 1.807) is 18.2 Å². The van der Waals surface area contributed by atoms with Crippen molar-refractivity contribution in [2.45, 2.75) is 19.3 Å². The minimum absolute atomic E-state index is 0.238. The maximum absolute atomic E-state index is 9.44. The number of rotatable bonds is 7. The molecular weight excluding hydrogens is 264 g/mol. The molecule has 5 N–H and O–H groups in total. The highest BCUT2D eigenvalue weighted by Gasteiger charge is 2.23. The second-order valence-corrected chi connectivity index (χ2v) is 6.30. The van der Waals surface area contributed by atoms with E-state index in [4.69, 9.17) is 5.73 Å². The van der Waals surface area contributed by atoms with Crippen LogP contribution in [0.1, 0.15) is 19.3 Å². The number of likely N-dealkylation sites (N-methyl/N-ethyl adjacent to an activating group) is 1. The zero-order chi connectivity index (χ0) is 15.1. The minimum atomic E-state index is 0.238. The van der Waals surface area contributed by atoms with E-state index in [0.717, 1.165) is 25.3 Å². The Hall–Kier alpha value is -1.46. The SMILES string of the molecule is C[N+]1(CCNCCNc2cc(O)ccc2N)CCCCC1. The van der Waals surface area contributed by atoms with Crippen molar-refractivity contribution in [3.8, 4) is 5.75 Å². The normalized spacial score (nSPS) is 17.6. The lowest BCUT2D eigenvalue weighted by molar-refractivity contribution is -0.912. The zero-order valence-electron chi connectivity index (χ0n) is 13.1. The van der Waals surface area contributed by atoms with Crippen molar-refractivity contribution in [1.29, 1.82) is 0 Å². The number of phenolic OH excluding ortho intramolecular Hbond substituents is 1. The Morgan fingerprint density at radius 3 is 2.67 bits per heavy atom. The summed E-state index contributed by atoms with van der Waals surface area (Å²) < 4.78 is 1.21. The molecule has 118 valence electrons. The van der Waals surface area contributed by atoms with Crippen molar-refractivity contribution < 1.29 is 9.59 Å². The molecule has 21 heavy (non-hydrogen) atoms. The van der Waals surface area contributed by atoms with E-state index in [1.165, 1.54) is 43.4 Å². The van der Waals surface area contributed by atoms with Gasteiger partial charge in [-0.1, -0.05) is 0 Å². The second-order valence-electron chi connectivity index (χ2n) is 6.30. The van der Waals surface area contributed by atoms with Crippen LogP contribution in [-0.4, -0.2) is 55.9 Å². The van der Waals surface area contributed by atoms with E-state index in [0.29, 0.717) is 5.69 Å². The van der Waals surface area contributed by atoms with E-state index >= 15 is 0 Å². The van der Waals surface area contributed by atoms with Crippen LogP contribution < -0.4 is 16.4 Å². The number of hydrogen-bond acceptors (Lipinski definition) is 4. The number of piperidine rings is 1. The van der Waals surface area contributed by atoms with Gasteiger partial charge in [-0.3, -0.25) is 0 Å². The molecule has 0 spiro atoms. The molecule has 1 aromatic rings. The molecule has 0 aliphatic carbocycles. The number of anilines is 2. The molecule has 0 bridgehead atoms. The molecule has 0 amide bonds. The summed E-state index contributed by atoms with van der Waals surface area (Å²) in [6.07, 6.45) is 4.14. The third kappa shape index (κ3) is 5.10. The number of nitrogens with two attached hydrogens (primary N) is 1. The first kappa shape index (κ1) is 15.9. The maximum Gasteiger partial charge on any atom is 0.117 e. The van der Waals surface area contributed by atoms with Crippen molar-refractivity contribution in [1.82, 2.24) is 5.32 Å². The van der Waals surface area contributed by atoms with Crippen molar-refractivity contribution in [2.75, 3.05) is 57.4 Å². The van der Waals surface area contributed by atoms with Gasteiger partial charge in [0, 0.05) is 25.7 Å². The Morgan fingerprint density at radius 2 is 1.90 bits per heavy atom. The summed E-state index contributed by atoms with van der Waals surface area (Å²) in [4.78, 5) is 0. The van der Waals surface area contributed by atoms with Gasteiger partial charge in [0.25, 0.3) is 0 Å². The van der Waals surface area contributed by atoms with Crippen LogP contribution in [0.3, 0.4) is 0 Å². The molecule has 5 heteroatoms. The van der Waals surface area contributed by atoms with Gasteiger partial charge in [-0.05, 0) is 31.4 Å². The molecular formula is C16H29N4O+. The van der Waals surface area contributed by atoms with Crippen molar-refractivity contribution in [3.63, 3.8) is 0 Å². The number of likely N-dealkylation sites (tertiary alicyclic amines) is 1. The molecule has 1 saturated heterocycles. The van der Waals surface area contributed by atoms with Crippen LogP contribution >= 0.6 is 0 Å². The van der Waals surface area contributed by atoms with E-state index in [1.807, 2.05) is 0 Å². The van der Waals surface area contributed by atoms with Gasteiger partial charge in [0.05, 0.1) is 38.1 Å². The third-order valence-electron chi connectivity index (χ3n) is 4.38. The largest absolute Gasteiger partial charge is 0.508 e. The number of nitrogen functional groups attached to an aromatic ring is 1. The maximum atomic E-state index is 9.44. The van der Waals surface area contributed by atoms with Gasteiger partial charge in [0.15, 0.2) is 0 Å². The van der Waals surface area contributed by atoms with Crippen LogP contribution in [-0.2, 0) is 0 Å². The Morgan fingerprint density at radius 1 is 1.14 bits per heavy atom. The van der Waals surface area contributed by atoms with E-state index in [9.17, 15) is 5.11 Å². The Bertz CT molecular complexity index is 444. The number of hydrogen-bond donors (Lipinski definition) is 4. The fourth-order valence-electron chi connectivity index (χ4n) is 2.96. The van der Waals surface area contributed by atoms with Crippen LogP contribution in [0.2, 0.25) is 0 Å². The minimum Gasteiger partial charge on any atom is -0.508 e. The van der Waals surface area contributed by atoms with Crippen LogP contribution in [0, 0.1) is 0 Å². The van der Waals surface area contributed by atoms with Gasteiger partial charge < -0.3 is 26.0 Å². The number of nitrogens with zero attached hydrogens (tertiary/aromatic N) is 1. The summed E-state index contributed by atoms with van der Waals surface area (Å²) in [7, 11) is 2.37. The number of phenols is 1. The molecule has 1 fully saturated rings. The summed E-state index contributed by atoms with van der Waals surface area (Å²) in [6.45, 7) is 6.59. The second kappa shape index (κ2) is 7.52. The summed E-state index contributed by atoms with van der Waals surface area (Å²) in [5.41, 5.74) is 7.31. The number of nitrogens with one attached hydrogen (secondary N) is 2. The Labute approximate surface area is 127 Å². The predicted octanol–water partition coefficient (Wildman–Crippen LogP) is 1.61. The molecule has 1 aliphatic rings. The van der Waals surface area contributed by atoms with E-state index in [-0.39, 0.29) is 5.75 Å². The molecule has 0 unspecified atom stereocenters. The van der Waals surface area contributed by atoms with E-state index in [2.05, 4.69) is 17.7 Å². The Balaban J connectivity index is 1.60. The zero-order valence-corrected chi connectivity index (χ0v) is 13.1. The number of aromatic hydroxyl groups is 1. The number of quaternary nitrogens is 1. The van der Waals surface area contributed by atoms with Gasteiger partial charge in [0.2, 0.25) is 0 Å². The highest BCUT2D eigenvalue weighted by Crippen LogP contribution is 2.23. The van der Waals surface area contributed by atoms with Crippen LogP contribution in [0.25, 0.3) is 0 Å². The van der Waals surface area contributed by atoms with Gasteiger partial charge in [-0.25, -0.2) is 0 Å². The lowest BCUT2D eigenvalue weighted by atomic mass is 10.1. The van der Waals surface area contributed by atoms with Crippen molar-refractivity contribution in [3.05, 3.63) is 18.2 Å². The number of benzene rings is 1. The molecule has 1 heterocycles. The average molecular weight is 293 g/mol. The Kier molecular flexibility index (Phi) is 5.70. The highest BCUT2D eigenvalue weighted by atomic mass is 16.3. The van der Waals surface area contributed by atoms with Gasteiger partial charge in [-0.2, -0.15) is 0 Å². The first-order valence-electron chi connectivity index (χ1n) is 7.96. The smallest absolute Gasteiger partial charge is 0.117 e. The lowest BCUT2D eigenvalue weighted by Gasteiger charge is -2.37. The fourth-order valence-corrected chi connectivity index (χ4v) is 2.96. The average Bonchev–Trinajstić information content (AvgIpc) is 2.47. The monoisotopic (exact) mass is 293 g/mol. The van der Waals surface area contributed by atoms with Crippen molar-refractivity contribution >= 4 is 11.4 Å². The van der Waals surface area contributed by atoms with E-state index < -0.39 is 0 Å². The standard InChI is InChI=1S/C16H28N4O/c1-20(10-3-2-4-11-20)12-9-18-7-8-19-16-13-14(21)5-6-15(16)17/h5-6,13,18-19H,2-4,7-12,17H2,1H3/p+1. The molecule has 0 radical (unpaired) electrons. The molecule has 0 atom stereocenters. The molecule has 2 rings (SSSR count). The van der Waals surface area contributed by atoms with Crippen molar-refractivity contribution in [2.24, 2.45) is 0 Å². The first-order valence-corrected chi connectivity index (χ1v) is 7.96. The summed E-state index contributed by atoms with van der Waals surface area (Å²) in [6, 6.07) is 4.98. The van der Waals surface area contributed by atoms with Gasteiger partial charge in [0.1, 0.15) is 5.75 Å². The molecule has 1 aliphatic heterocycles. The molecule has 5 nitrogen and oxygen atoms in total. The van der Waals surface area contributed by atoms with Crippen LogP contribution in [0.5, 0.6) is 5.75 Å².